The summed E-state index contributed by atoms with van der Waals surface area (Å²) in [5.41, 5.74) is 1.09. The second-order valence-electron chi connectivity index (χ2n) is 2.53. The first-order chi connectivity index (χ1) is 5.79. The van der Waals surface area contributed by atoms with Crippen molar-refractivity contribution in [3.63, 3.8) is 0 Å². The van der Waals surface area contributed by atoms with Gasteiger partial charge in [0.15, 0.2) is 0 Å². The number of hydrogen-bond acceptors (Lipinski definition) is 2. The molecule has 0 saturated heterocycles. The Morgan fingerprint density at radius 3 is 2.42 bits per heavy atom. The molecule has 0 fully saturated rings. The highest BCUT2D eigenvalue weighted by Gasteiger charge is 1.95. The lowest BCUT2D eigenvalue weighted by Gasteiger charge is -1.93. The maximum absolute atomic E-state index is 8.67. The zero-order valence-electron chi connectivity index (χ0n) is 6.72. The molecule has 12 heavy (non-hydrogen) atoms. The Morgan fingerprint density at radius 2 is 1.83 bits per heavy atom. The van der Waals surface area contributed by atoms with Gasteiger partial charge in [-0.15, -0.1) is 0 Å². The average Bonchev–Trinajstić information content (AvgIpc) is 2.05. The number of rotatable bonds is 3. The Kier molecular flexibility index (Phi) is 3.73. The van der Waals surface area contributed by atoms with Gasteiger partial charge in [-0.05, 0) is 5.56 Å². The minimum Gasteiger partial charge on any atom is -0.413 e. The SMILES string of the molecule is O[SiH](O)CC=Cc1ccccc1. The first-order valence-corrected chi connectivity index (χ1v) is 5.71. The van der Waals surface area contributed by atoms with Crippen LogP contribution in [-0.2, 0) is 0 Å². The molecule has 0 bridgehead atoms. The predicted molar refractivity (Wildman–Crippen MR) is 51.9 cm³/mol. The van der Waals surface area contributed by atoms with Crippen molar-refractivity contribution in [3.8, 4) is 0 Å². The van der Waals surface area contributed by atoms with E-state index in [-0.39, 0.29) is 0 Å². The lowest BCUT2D eigenvalue weighted by Crippen LogP contribution is -2.07. The molecule has 0 aliphatic heterocycles. The molecule has 1 rings (SSSR count). The van der Waals surface area contributed by atoms with E-state index in [1.165, 1.54) is 0 Å². The molecule has 2 nitrogen and oxygen atoms in total. The molecule has 1 aromatic rings. The van der Waals surface area contributed by atoms with Gasteiger partial charge in [-0.2, -0.15) is 0 Å². The molecule has 1 aromatic carbocycles. The lowest BCUT2D eigenvalue weighted by atomic mass is 10.2. The second-order valence-corrected chi connectivity index (χ2v) is 3.96. The molecule has 64 valence electrons. The molecule has 2 N–H and O–H groups in total. The number of allylic oxidation sites excluding steroid dienone is 1. The minimum atomic E-state index is -2.40. The van der Waals surface area contributed by atoms with Crippen LogP contribution < -0.4 is 0 Å². The molecule has 0 saturated carbocycles. The van der Waals surface area contributed by atoms with E-state index in [1.54, 1.807) is 6.08 Å². The number of hydrogen-bond donors (Lipinski definition) is 2. The average molecular weight is 180 g/mol. The molecule has 0 aromatic heterocycles. The standard InChI is InChI=1S/C9H12O2Si/c10-12(11)8-4-7-9-5-2-1-3-6-9/h1-7,10-12H,8H2. The molecule has 0 aliphatic rings. The molecule has 0 amide bonds. The first-order valence-electron chi connectivity index (χ1n) is 3.87. The smallest absolute Gasteiger partial charge is 0.319 e. The molecule has 0 radical (unpaired) electrons. The summed E-state index contributed by atoms with van der Waals surface area (Å²) in [5.74, 6) is 0. The van der Waals surface area contributed by atoms with E-state index in [2.05, 4.69) is 0 Å². The van der Waals surface area contributed by atoms with Gasteiger partial charge in [0, 0.05) is 6.04 Å². The van der Waals surface area contributed by atoms with Crippen LogP contribution in [-0.4, -0.2) is 18.9 Å². The van der Waals surface area contributed by atoms with Gasteiger partial charge in [-0.1, -0.05) is 42.5 Å². The molecule has 0 heterocycles. The zero-order valence-corrected chi connectivity index (χ0v) is 7.88. The van der Waals surface area contributed by atoms with E-state index >= 15 is 0 Å². The summed E-state index contributed by atoms with van der Waals surface area (Å²) in [7, 11) is -2.40. The third kappa shape index (κ3) is 3.48. The van der Waals surface area contributed by atoms with E-state index < -0.39 is 9.28 Å². The van der Waals surface area contributed by atoms with Crippen molar-refractivity contribution in [1.82, 2.24) is 0 Å². The van der Waals surface area contributed by atoms with E-state index in [0.717, 1.165) is 5.56 Å². The van der Waals surface area contributed by atoms with Crippen molar-refractivity contribution >= 4 is 15.4 Å². The van der Waals surface area contributed by atoms with Crippen LogP contribution in [0.5, 0.6) is 0 Å². The normalized spacial score (nSPS) is 11.2. The fourth-order valence-corrected chi connectivity index (χ4v) is 1.27. The highest BCUT2D eigenvalue weighted by molar-refractivity contribution is 6.41. The largest absolute Gasteiger partial charge is 0.413 e. The van der Waals surface area contributed by atoms with E-state index in [4.69, 9.17) is 9.59 Å². The first kappa shape index (κ1) is 9.19. The minimum absolute atomic E-state index is 0.412. The Balaban J connectivity index is 2.47. The van der Waals surface area contributed by atoms with Crippen molar-refractivity contribution < 1.29 is 9.59 Å². The lowest BCUT2D eigenvalue weighted by molar-refractivity contribution is 0.411. The zero-order chi connectivity index (χ0) is 8.81. The molecular weight excluding hydrogens is 168 g/mol. The van der Waals surface area contributed by atoms with Crippen LogP contribution in [0.3, 0.4) is 0 Å². The van der Waals surface area contributed by atoms with E-state index in [1.807, 2.05) is 36.4 Å². The van der Waals surface area contributed by atoms with Crippen molar-refractivity contribution in [3.05, 3.63) is 42.0 Å². The fourth-order valence-electron chi connectivity index (χ4n) is 0.890. The van der Waals surface area contributed by atoms with Gasteiger partial charge in [0.25, 0.3) is 0 Å². The van der Waals surface area contributed by atoms with Crippen LogP contribution >= 0.6 is 0 Å². The summed E-state index contributed by atoms with van der Waals surface area (Å²) >= 11 is 0. The molecule has 0 unspecified atom stereocenters. The Labute approximate surface area is 73.6 Å². The molecule has 0 spiro atoms. The van der Waals surface area contributed by atoms with Crippen molar-refractivity contribution in [2.24, 2.45) is 0 Å². The highest BCUT2D eigenvalue weighted by Crippen LogP contribution is 2.01. The monoisotopic (exact) mass is 180 g/mol. The van der Waals surface area contributed by atoms with Crippen LogP contribution in [0.25, 0.3) is 6.08 Å². The second kappa shape index (κ2) is 4.87. The van der Waals surface area contributed by atoms with Gasteiger partial charge in [0.2, 0.25) is 0 Å². The maximum Gasteiger partial charge on any atom is 0.319 e. The fraction of sp³-hybridized carbons (Fsp3) is 0.111. The van der Waals surface area contributed by atoms with E-state index in [0.29, 0.717) is 6.04 Å². The quantitative estimate of drug-likeness (QED) is 0.679. The Bertz CT molecular complexity index is 244. The van der Waals surface area contributed by atoms with Crippen LogP contribution in [0.15, 0.2) is 36.4 Å². The van der Waals surface area contributed by atoms with Gasteiger partial charge in [0.1, 0.15) is 0 Å². The van der Waals surface area contributed by atoms with E-state index in [9.17, 15) is 0 Å². The maximum atomic E-state index is 8.67. The van der Waals surface area contributed by atoms with Crippen LogP contribution in [0.1, 0.15) is 5.56 Å². The van der Waals surface area contributed by atoms with Gasteiger partial charge in [-0.25, -0.2) is 0 Å². The summed E-state index contributed by atoms with van der Waals surface area (Å²) in [6.07, 6.45) is 3.69. The molecule has 0 atom stereocenters. The predicted octanol–water partition coefficient (Wildman–Crippen LogP) is 0.905. The summed E-state index contributed by atoms with van der Waals surface area (Å²) in [4.78, 5) is 17.3. The highest BCUT2D eigenvalue weighted by atomic mass is 28.3. The van der Waals surface area contributed by atoms with Crippen molar-refractivity contribution in [2.45, 2.75) is 6.04 Å². The van der Waals surface area contributed by atoms with Crippen LogP contribution in [0, 0.1) is 0 Å². The topological polar surface area (TPSA) is 40.5 Å². The molecular formula is C9H12O2Si. The van der Waals surface area contributed by atoms with Gasteiger partial charge < -0.3 is 9.59 Å². The molecule has 3 heteroatoms. The summed E-state index contributed by atoms with van der Waals surface area (Å²) in [5, 5.41) is 0. The summed E-state index contributed by atoms with van der Waals surface area (Å²) < 4.78 is 0. The number of benzene rings is 1. The third-order valence-corrected chi connectivity index (χ3v) is 2.15. The van der Waals surface area contributed by atoms with Gasteiger partial charge in [0.05, 0.1) is 0 Å². The van der Waals surface area contributed by atoms with Crippen molar-refractivity contribution in [1.29, 1.82) is 0 Å². The van der Waals surface area contributed by atoms with Crippen LogP contribution in [0.2, 0.25) is 6.04 Å². The van der Waals surface area contributed by atoms with Gasteiger partial charge >= 0.3 is 9.28 Å². The third-order valence-electron chi connectivity index (χ3n) is 1.46. The Hall–Kier alpha value is -0.903. The van der Waals surface area contributed by atoms with Crippen LogP contribution in [0.4, 0.5) is 0 Å². The molecule has 0 aliphatic carbocycles. The van der Waals surface area contributed by atoms with Crippen molar-refractivity contribution in [2.75, 3.05) is 0 Å². The van der Waals surface area contributed by atoms with Gasteiger partial charge in [-0.3, -0.25) is 0 Å². The summed E-state index contributed by atoms with van der Waals surface area (Å²) in [6.45, 7) is 0. The Morgan fingerprint density at radius 1 is 1.17 bits per heavy atom. The summed E-state index contributed by atoms with van der Waals surface area (Å²) in [6, 6.07) is 10.2.